The highest BCUT2D eigenvalue weighted by Gasteiger charge is 2.09. The number of halogens is 2. The number of ether oxygens (including phenoxy) is 1. The summed E-state index contributed by atoms with van der Waals surface area (Å²) in [6.45, 7) is 2.85. The van der Waals surface area contributed by atoms with Crippen LogP contribution in [0.15, 0.2) is 23.3 Å². The van der Waals surface area contributed by atoms with Crippen molar-refractivity contribution >= 4 is 51.4 Å². The molecular formula is C14H24ClIN4O3S. The predicted molar refractivity (Wildman–Crippen MR) is 108 cm³/mol. The molecule has 7 nitrogen and oxygen atoms in total. The van der Waals surface area contributed by atoms with Crippen LogP contribution < -0.4 is 15.4 Å². The third-order valence-electron chi connectivity index (χ3n) is 2.87. The van der Waals surface area contributed by atoms with Crippen LogP contribution in [0.5, 0.6) is 5.88 Å². The molecule has 24 heavy (non-hydrogen) atoms. The molecule has 0 fully saturated rings. The Hall–Kier alpha value is -0.810. The van der Waals surface area contributed by atoms with Crippen molar-refractivity contribution in [2.24, 2.45) is 4.99 Å². The summed E-state index contributed by atoms with van der Waals surface area (Å²) in [6, 6.07) is 3.40. The van der Waals surface area contributed by atoms with Crippen molar-refractivity contribution in [2.75, 3.05) is 32.2 Å². The molecule has 0 radical (unpaired) electrons. The van der Waals surface area contributed by atoms with E-state index in [9.17, 15) is 8.42 Å². The summed E-state index contributed by atoms with van der Waals surface area (Å²) in [7, 11) is -1.30. The minimum absolute atomic E-state index is 0. The smallest absolute Gasteiger partial charge is 0.213 e. The van der Waals surface area contributed by atoms with Crippen molar-refractivity contribution in [3.63, 3.8) is 0 Å². The molecule has 1 aromatic heterocycles. The van der Waals surface area contributed by atoms with Crippen molar-refractivity contribution in [3.05, 3.63) is 23.4 Å². The van der Waals surface area contributed by atoms with E-state index in [1.165, 1.54) is 12.5 Å². The van der Waals surface area contributed by atoms with E-state index in [2.05, 4.69) is 20.6 Å². The van der Waals surface area contributed by atoms with Crippen LogP contribution in [0.3, 0.4) is 0 Å². The summed E-state index contributed by atoms with van der Waals surface area (Å²) in [5, 5.41) is 6.78. The Morgan fingerprint density at radius 2 is 2.17 bits per heavy atom. The first kappa shape index (κ1) is 23.2. The Bertz CT molecular complexity index is 611. The van der Waals surface area contributed by atoms with Crippen molar-refractivity contribution in [3.8, 4) is 5.88 Å². The van der Waals surface area contributed by atoms with Crippen LogP contribution in [0, 0.1) is 0 Å². The van der Waals surface area contributed by atoms with Crippen LogP contribution in [0.2, 0.25) is 5.02 Å². The molecule has 0 spiro atoms. The van der Waals surface area contributed by atoms with Crippen LogP contribution >= 0.6 is 35.6 Å². The number of aliphatic imine (C=N–C) groups is 1. The average molecular weight is 491 g/mol. The SMILES string of the molecule is CN=C(NCCOc1ccc(Cl)cn1)NC(C)CCS(C)(=O)=O.I. The highest BCUT2D eigenvalue weighted by molar-refractivity contribution is 14.0. The fourth-order valence-electron chi connectivity index (χ4n) is 1.66. The van der Waals surface area contributed by atoms with Crippen LogP contribution in [0.4, 0.5) is 0 Å². The quantitative estimate of drug-likeness (QED) is 0.249. The molecular weight excluding hydrogens is 467 g/mol. The predicted octanol–water partition coefficient (Wildman–Crippen LogP) is 1.72. The maximum atomic E-state index is 11.2. The maximum absolute atomic E-state index is 11.2. The Morgan fingerprint density at radius 1 is 1.46 bits per heavy atom. The summed E-state index contributed by atoms with van der Waals surface area (Å²) >= 11 is 5.74. The molecule has 0 saturated heterocycles. The summed E-state index contributed by atoms with van der Waals surface area (Å²) in [4.78, 5) is 8.11. The van der Waals surface area contributed by atoms with Gasteiger partial charge >= 0.3 is 0 Å². The number of nitrogens with one attached hydrogen (secondary N) is 2. The van der Waals surface area contributed by atoms with Gasteiger partial charge in [0.05, 0.1) is 17.3 Å². The molecule has 1 heterocycles. The molecule has 0 saturated carbocycles. The van der Waals surface area contributed by atoms with Gasteiger partial charge in [0.2, 0.25) is 5.88 Å². The lowest BCUT2D eigenvalue weighted by atomic mass is 10.3. The maximum Gasteiger partial charge on any atom is 0.213 e. The normalized spacial score (nSPS) is 12.9. The number of hydrogen-bond acceptors (Lipinski definition) is 5. The fraction of sp³-hybridized carbons (Fsp3) is 0.571. The Balaban J connectivity index is 0.00000529. The molecule has 1 atom stereocenters. The molecule has 0 bridgehead atoms. The lowest BCUT2D eigenvalue weighted by Crippen LogP contribution is -2.44. The fourth-order valence-corrected chi connectivity index (χ4v) is 2.56. The summed E-state index contributed by atoms with van der Waals surface area (Å²) in [5.74, 6) is 1.24. The number of pyridine rings is 1. The van der Waals surface area contributed by atoms with Crippen molar-refractivity contribution in [2.45, 2.75) is 19.4 Å². The van der Waals surface area contributed by atoms with E-state index in [0.29, 0.717) is 36.4 Å². The highest BCUT2D eigenvalue weighted by Crippen LogP contribution is 2.10. The standard InChI is InChI=1S/C14H23ClN4O3S.HI/c1-11(6-9-23(3,20)21)19-14(16-2)17-7-8-22-13-5-4-12(15)10-18-13;/h4-5,10-11H,6-9H2,1-3H3,(H2,16,17,19);1H. The third kappa shape index (κ3) is 10.9. The molecule has 0 aliphatic heterocycles. The summed E-state index contributed by atoms with van der Waals surface area (Å²) < 4.78 is 27.8. The second kappa shape index (κ2) is 11.7. The minimum Gasteiger partial charge on any atom is -0.476 e. The van der Waals surface area contributed by atoms with Crippen LogP contribution in [0.1, 0.15) is 13.3 Å². The first-order valence-electron chi connectivity index (χ1n) is 7.19. The van der Waals surface area contributed by atoms with Crippen LogP contribution in [-0.2, 0) is 9.84 Å². The molecule has 0 aliphatic carbocycles. The van der Waals surface area contributed by atoms with Crippen LogP contribution in [-0.4, -0.2) is 57.6 Å². The Labute approximate surface area is 165 Å². The van der Waals surface area contributed by atoms with Gasteiger partial charge in [0.15, 0.2) is 5.96 Å². The zero-order chi connectivity index (χ0) is 17.3. The molecule has 0 aliphatic rings. The summed E-state index contributed by atoms with van der Waals surface area (Å²) in [5.41, 5.74) is 0. The van der Waals surface area contributed by atoms with E-state index in [0.717, 1.165) is 0 Å². The first-order valence-corrected chi connectivity index (χ1v) is 9.63. The first-order chi connectivity index (χ1) is 10.8. The Kier molecular flexibility index (Phi) is 11.3. The second-order valence-corrected chi connectivity index (χ2v) is 7.82. The van der Waals surface area contributed by atoms with E-state index >= 15 is 0 Å². The highest BCUT2D eigenvalue weighted by atomic mass is 127. The third-order valence-corrected chi connectivity index (χ3v) is 4.07. The van der Waals surface area contributed by atoms with Crippen molar-refractivity contribution in [1.82, 2.24) is 15.6 Å². The van der Waals surface area contributed by atoms with E-state index < -0.39 is 9.84 Å². The lowest BCUT2D eigenvalue weighted by molar-refractivity contribution is 0.309. The lowest BCUT2D eigenvalue weighted by Gasteiger charge is -2.17. The second-order valence-electron chi connectivity index (χ2n) is 5.13. The van der Waals surface area contributed by atoms with Gasteiger partial charge in [-0.1, -0.05) is 11.6 Å². The van der Waals surface area contributed by atoms with E-state index in [4.69, 9.17) is 16.3 Å². The van der Waals surface area contributed by atoms with Gasteiger partial charge in [-0.25, -0.2) is 13.4 Å². The number of nitrogens with zero attached hydrogens (tertiary/aromatic N) is 2. The van der Waals surface area contributed by atoms with Gasteiger partial charge < -0.3 is 15.4 Å². The number of sulfone groups is 1. The van der Waals surface area contributed by atoms with E-state index in [1.54, 1.807) is 19.2 Å². The van der Waals surface area contributed by atoms with Gasteiger partial charge in [-0.05, 0) is 19.4 Å². The van der Waals surface area contributed by atoms with Crippen molar-refractivity contribution < 1.29 is 13.2 Å². The summed E-state index contributed by atoms with van der Waals surface area (Å²) in [6.07, 6.45) is 3.27. The largest absolute Gasteiger partial charge is 0.476 e. The van der Waals surface area contributed by atoms with Gasteiger partial charge in [0, 0.05) is 31.6 Å². The molecule has 10 heteroatoms. The number of hydrogen-bond donors (Lipinski definition) is 2. The van der Waals surface area contributed by atoms with Gasteiger partial charge in [-0.3, -0.25) is 4.99 Å². The molecule has 0 aromatic carbocycles. The minimum atomic E-state index is -2.95. The van der Waals surface area contributed by atoms with E-state index in [1.807, 2.05) is 6.92 Å². The number of guanidine groups is 1. The van der Waals surface area contributed by atoms with Crippen molar-refractivity contribution in [1.29, 1.82) is 0 Å². The Morgan fingerprint density at radius 3 is 2.71 bits per heavy atom. The molecule has 138 valence electrons. The molecule has 1 unspecified atom stereocenters. The number of aromatic nitrogens is 1. The van der Waals surface area contributed by atoms with Gasteiger partial charge in [0.1, 0.15) is 16.4 Å². The van der Waals surface area contributed by atoms with Gasteiger partial charge in [-0.2, -0.15) is 0 Å². The topological polar surface area (TPSA) is 92.7 Å². The van der Waals surface area contributed by atoms with Crippen LogP contribution in [0.25, 0.3) is 0 Å². The average Bonchev–Trinajstić information content (AvgIpc) is 2.49. The number of rotatable bonds is 8. The zero-order valence-electron chi connectivity index (χ0n) is 14.0. The molecule has 1 aromatic rings. The zero-order valence-corrected chi connectivity index (χ0v) is 17.9. The monoisotopic (exact) mass is 490 g/mol. The molecule has 0 amide bonds. The van der Waals surface area contributed by atoms with E-state index in [-0.39, 0.29) is 35.8 Å². The molecule has 1 rings (SSSR count). The molecule has 2 N–H and O–H groups in total. The van der Waals surface area contributed by atoms with Gasteiger partial charge in [-0.15, -0.1) is 24.0 Å². The van der Waals surface area contributed by atoms with Gasteiger partial charge in [0.25, 0.3) is 0 Å².